The van der Waals surface area contributed by atoms with Crippen LogP contribution in [0.4, 0.5) is 39.5 Å². The van der Waals surface area contributed by atoms with Gasteiger partial charge in [-0.2, -0.15) is 39.5 Å². The molecule has 0 aliphatic carbocycles. The lowest BCUT2D eigenvalue weighted by molar-refractivity contribution is -0.143. The molecule has 0 saturated carbocycles. The van der Waals surface area contributed by atoms with Crippen molar-refractivity contribution >= 4 is 10.8 Å². The van der Waals surface area contributed by atoms with Crippen molar-refractivity contribution in [3.8, 4) is 44.5 Å². The standard InChI is InChI=1S/C37H21F9/c38-35(39,40)32-15-13-23(14-16-32)22-1-3-24(4-2-22)27-9-11-30-18-28(10-12-29(30)17-27)25-5-7-26(8-6-25)31-19-33(36(41,42)43)21-34(20-31)37(44,45)46/h1-21H. The van der Waals surface area contributed by atoms with Crippen LogP contribution in [-0.2, 0) is 18.5 Å². The summed E-state index contributed by atoms with van der Waals surface area (Å²) in [5.74, 6) is 0. The smallest absolute Gasteiger partial charge is 0.166 e. The Balaban J connectivity index is 1.23. The number of benzene rings is 6. The molecule has 9 heteroatoms. The Kier molecular flexibility index (Phi) is 7.66. The molecule has 0 radical (unpaired) electrons. The minimum absolute atomic E-state index is 0.108. The molecule has 0 aromatic heterocycles. The summed E-state index contributed by atoms with van der Waals surface area (Å²) < 4.78 is 119. The highest BCUT2D eigenvalue weighted by Gasteiger charge is 2.37. The molecular formula is C37H21F9. The normalized spacial score (nSPS) is 12.5. The number of alkyl halides is 9. The van der Waals surface area contributed by atoms with Crippen LogP contribution >= 0.6 is 0 Å². The van der Waals surface area contributed by atoms with Crippen LogP contribution in [0.1, 0.15) is 16.7 Å². The highest BCUT2D eigenvalue weighted by Crippen LogP contribution is 2.39. The molecule has 0 saturated heterocycles. The molecule has 0 nitrogen and oxygen atoms in total. The molecule has 0 bridgehead atoms. The lowest BCUT2D eigenvalue weighted by Gasteiger charge is -2.14. The molecular weight excluding hydrogens is 615 g/mol. The second-order valence-electron chi connectivity index (χ2n) is 10.8. The lowest BCUT2D eigenvalue weighted by atomic mass is 9.95. The maximum atomic E-state index is 13.3. The van der Waals surface area contributed by atoms with E-state index in [4.69, 9.17) is 0 Å². The third-order valence-electron chi connectivity index (χ3n) is 7.74. The zero-order chi connectivity index (χ0) is 32.9. The highest BCUT2D eigenvalue weighted by molar-refractivity contribution is 5.91. The Bertz CT molecular complexity index is 1980. The quantitative estimate of drug-likeness (QED) is 0.169. The average molecular weight is 637 g/mol. The van der Waals surface area contributed by atoms with Gasteiger partial charge in [-0.25, -0.2) is 0 Å². The van der Waals surface area contributed by atoms with Crippen LogP contribution in [0.3, 0.4) is 0 Å². The van der Waals surface area contributed by atoms with Crippen molar-refractivity contribution in [1.82, 2.24) is 0 Å². The molecule has 0 aliphatic heterocycles. The van der Waals surface area contributed by atoms with Crippen molar-refractivity contribution in [3.63, 3.8) is 0 Å². The third-order valence-corrected chi connectivity index (χ3v) is 7.74. The molecule has 46 heavy (non-hydrogen) atoms. The zero-order valence-electron chi connectivity index (χ0n) is 23.5. The summed E-state index contributed by atoms with van der Waals surface area (Å²) in [6, 6.07) is 31.9. The van der Waals surface area contributed by atoms with Gasteiger partial charge in [-0.1, -0.05) is 84.9 Å². The van der Waals surface area contributed by atoms with Crippen LogP contribution in [-0.4, -0.2) is 0 Å². The van der Waals surface area contributed by atoms with Crippen molar-refractivity contribution < 1.29 is 39.5 Å². The zero-order valence-corrected chi connectivity index (χ0v) is 23.5. The molecule has 0 amide bonds. The summed E-state index contributed by atoms with van der Waals surface area (Å²) in [5, 5.41) is 1.85. The number of fused-ring (bicyclic) bond motifs is 1. The largest absolute Gasteiger partial charge is 0.416 e. The van der Waals surface area contributed by atoms with E-state index in [1.54, 1.807) is 12.1 Å². The fourth-order valence-electron chi connectivity index (χ4n) is 5.29. The lowest BCUT2D eigenvalue weighted by Crippen LogP contribution is -2.11. The van der Waals surface area contributed by atoms with Crippen molar-refractivity contribution in [2.45, 2.75) is 18.5 Å². The number of rotatable bonds is 4. The Morgan fingerprint density at radius 3 is 0.870 bits per heavy atom. The molecule has 0 heterocycles. The maximum Gasteiger partial charge on any atom is 0.416 e. The van der Waals surface area contributed by atoms with Gasteiger partial charge >= 0.3 is 18.5 Å². The van der Waals surface area contributed by atoms with Gasteiger partial charge in [0.2, 0.25) is 0 Å². The summed E-state index contributed by atoms with van der Waals surface area (Å²) in [5.41, 5.74) is 1.43. The Labute approximate surface area is 257 Å². The van der Waals surface area contributed by atoms with E-state index in [0.29, 0.717) is 17.7 Å². The van der Waals surface area contributed by atoms with Crippen molar-refractivity contribution in [2.24, 2.45) is 0 Å². The van der Waals surface area contributed by atoms with E-state index in [9.17, 15) is 39.5 Å². The van der Waals surface area contributed by atoms with Gasteiger partial charge in [0.1, 0.15) is 0 Å². The molecule has 0 fully saturated rings. The molecule has 0 spiro atoms. The monoisotopic (exact) mass is 636 g/mol. The maximum absolute atomic E-state index is 13.3. The van der Waals surface area contributed by atoms with Crippen LogP contribution < -0.4 is 0 Å². The molecule has 6 aromatic rings. The van der Waals surface area contributed by atoms with Crippen molar-refractivity contribution in [3.05, 3.63) is 144 Å². The summed E-state index contributed by atoms with van der Waals surface area (Å²) in [6.45, 7) is 0. The van der Waals surface area contributed by atoms with E-state index < -0.39 is 35.2 Å². The summed E-state index contributed by atoms with van der Waals surface area (Å²) in [6.07, 6.45) is -14.3. The number of hydrogen-bond acceptors (Lipinski definition) is 0. The van der Waals surface area contributed by atoms with Crippen LogP contribution in [0.15, 0.2) is 127 Å². The SMILES string of the molecule is FC(F)(F)c1ccc(-c2ccc(-c3ccc4cc(-c5ccc(-c6cc(C(F)(F)F)cc(C(F)(F)F)c6)cc5)ccc4c3)cc2)cc1. The van der Waals surface area contributed by atoms with E-state index in [1.165, 1.54) is 24.3 Å². The molecule has 6 aromatic carbocycles. The molecule has 232 valence electrons. The van der Waals surface area contributed by atoms with Gasteiger partial charge in [0, 0.05) is 0 Å². The second kappa shape index (κ2) is 11.4. The first-order valence-corrected chi connectivity index (χ1v) is 13.9. The summed E-state index contributed by atoms with van der Waals surface area (Å²) in [4.78, 5) is 0. The Morgan fingerprint density at radius 2 is 0.522 bits per heavy atom. The van der Waals surface area contributed by atoms with Gasteiger partial charge in [-0.05, 0) is 97.7 Å². The minimum atomic E-state index is -4.93. The predicted octanol–water partition coefficient (Wildman–Crippen LogP) is 12.6. The third kappa shape index (κ3) is 6.49. The van der Waals surface area contributed by atoms with Gasteiger partial charge in [-0.15, -0.1) is 0 Å². The first-order chi connectivity index (χ1) is 21.6. The predicted molar refractivity (Wildman–Crippen MR) is 161 cm³/mol. The van der Waals surface area contributed by atoms with Gasteiger partial charge in [-0.3, -0.25) is 0 Å². The van der Waals surface area contributed by atoms with Crippen LogP contribution in [0, 0.1) is 0 Å². The summed E-state index contributed by atoms with van der Waals surface area (Å²) in [7, 11) is 0. The first-order valence-electron chi connectivity index (χ1n) is 13.9. The van der Waals surface area contributed by atoms with E-state index >= 15 is 0 Å². The Morgan fingerprint density at radius 1 is 0.239 bits per heavy atom. The Hall–Kier alpha value is -5.05. The van der Waals surface area contributed by atoms with Gasteiger partial charge in [0.15, 0.2) is 0 Å². The fourth-order valence-corrected chi connectivity index (χ4v) is 5.29. The van der Waals surface area contributed by atoms with E-state index in [-0.39, 0.29) is 17.2 Å². The average Bonchev–Trinajstić information content (AvgIpc) is 3.03. The van der Waals surface area contributed by atoms with Crippen LogP contribution in [0.2, 0.25) is 0 Å². The van der Waals surface area contributed by atoms with E-state index in [0.717, 1.165) is 50.7 Å². The second-order valence-corrected chi connectivity index (χ2v) is 10.8. The van der Waals surface area contributed by atoms with Gasteiger partial charge in [0.05, 0.1) is 16.7 Å². The van der Waals surface area contributed by atoms with Crippen LogP contribution in [0.25, 0.3) is 55.3 Å². The van der Waals surface area contributed by atoms with Crippen molar-refractivity contribution in [1.29, 1.82) is 0 Å². The van der Waals surface area contributed by atoms with Gasteiger partial charge < -0.3 is 0 Å². The number of halogens is 9. The summed E-state index contributed by atoms with van der Waals surface area (Å²) >= 11 is 0. The van der Waals surface area contributed by atoms with Gasteiger partial charge in [0.25, 0.3) is 0 Å². The molecule has 6 rings (SSSR count). The molecule has 0 atom stereocenters. The minimum Gasteiger partial charge on any atom is -0.166 e. The fraction of sp³-hybridized carbons (Fsp3) is 0.0811. The molecule has 0 N–H and O–H groups in total. The topological polar surface area (TPSA) is 0 Å². The first kappa shape index (κ1) is 31.0. The van der Waals surface area contributed by atoms with E-state index in [1.807, 2.05) is 60.7 Å². The van der Waals surface area contributed by atoms with E-state index in [2.05, 4.69) is 0 Å². The molecule has 0 aliphatic rings. The number of hydrogen-bond donors (Lipinski definition) is 0. The highest BCUT2D eigenvalue weighted by atomic mass is 19.4. The molecule has 0 unspecified atom stereocenters. The van der Waals surface area contributed by atoms with Crippen molar-refractivity contribution in [2.75, 3.05) is 0 Å². The van der Waals surface area contributed by atoms with Crippen LogP contribution in [0.5, 0.6) is 0 Å².